The number of halogens is 2. The second-order valence-corrected chi connectivity index (χ2v) is 7.55. The van der Waals surface area contributed by atoms with Crippen molar-refractivity contribution in [1.29, 1.82) is 0 Å². The number of hydrogen-bond acceptors (Lipinski definition) is 5. The number of likely N-dealkylation sites (tertiary alicyclic amines) is 1. The maximum Gasteiger partial charge on any atom is 0.405 e. The molecule has 1 aromatic carbocycles. The molecular weight excluding hydrogens is 424 g/mol. The molecule has 0 radical (unpaired) electrons. The monoisotopic (exact) mass is 445 g/mol. The number of benzene rings is 1. The zero-order valence-electron chi connectivity index (χ0n) is 17.2. The smallest absolute Gasteiger partial charge is 0.405 e. The van der Waals surface area contributed by atoms with Crippen LogP contribution in [0.4, 0.5) is 13.6 Å². The van der Waals surface area contributed by atoms with Crippen LogP contribution in [0, 0.1) is 0 Å². The van der Waals surface area contributed by atoms with E-state index in [-0.39, 0.29) is 38.4 Å². The molecule has 4 rings (SSSR count). The number of rotatable bonds is 5. The van der Waals surface area contributed by atoms with Gasteiger partial charge in [-0.2, -0.15) is 0 Å². The van der Waals surface area contributed by atoms with Gasteiger partial charge >= 0.3 is 6.09 Å². The molecule has 1 aliphatic heterocycles. The molecule has 168 valence electrons. The number of hydrogen-bond donors (Lipinski definition) is 2. The van der Waals surface area contributed by atoms with E-state index in [0.29, 0.717) is 39.3 Å². The van der Waals surface area contributed by atoms with Crippen molar-refractivity contribution in [1.82, 2.24) is 15.2 Å². The van der Waals surface area contributed by atoms with Gasteiger partial charge in [0.05, 0.1) is 24.9 Å². The Morgan fingerprint density at radius 1 is 1.25 bits per heavy atom. The summed E-state index contributed by atoms with van der Waals surface area (Å²) >= 11 is 0. The SMILES string of the molecule is COc1cc(-c2ccc(C(=O)N3CCC(F)(F)CC3)cn2)cc2cc(CNC(=O)O)oc12. The van der Waals surface area contributed by atoms with Crippen molar-refractivity contribution in [3.05, 3.63) is 47.9 Å². The molecule has 1 aliphatic rings. The molecule has 3 aromatic rings. The van der Waals surface area contributed by atoms with Crippen molar-refractivity contribution in [2.75, 3.05) is 20.2 Å². The van der Waals surface area contributed by atoms with E-state index in [0.717, 1.165) is 0 Å². The Bertz CT molecular complexity index is 1150. The normalized spacial score (nSPS) is 15.5. The Hall–Kier alpha value is -3.69. The summed E-state index contributed by atoms with van der Waals surface area (Å²) in [6.07, 6.45) is -0.397. The molecular formula is C22H21F2N3O5. The van der Waals surface area contributed by atoms with E-state index in [1.807, 2.05) is 6.07 Å². The fourth-order valence-electron chi connectivity index (χ4n) is 3.63. The molecule has 8 nitrogen and oxygen atoms in total. The van der Waals surface area contributed by atoms with E-state index in [9.17, 15) is 18.4 Å². The van der Waals surface area contributed by atoms with Gasteiger partial charge in [-0.05, 0) is 30.3 Å². The second-order valence-electron chi connectivity index (χ2n) is 7.55. The van der Waals surface area contributed by atoms with Crippen LogP contribution >= 0.6 is 0 Å². The third-order valence-electron chi connectivity index (χ3n) is 5.36. The molecule has 2 N–H and O–H groups in total. The van der Waals surface area contributed by atoms with Crippen LogP contribution in [0.1, 0.15) is 29.0 Å². The number of aromatic nitrogens is 1. The van der Waals surface area contributed by atoms with Crippen molar-refractivity contribution in [2.24, 2.45) is 0 Å². The summed E-state index contributed by atoms with van der Waals surface area (Å²) in [4.78, 5) is 29.1. The highest BCUT2D eigenvalue weighted by Crippen LogP contribution is 2.34. The number of carbonyl (C=O) groups is 2. The largest absolute Gasteiger partial charge is 0.493 e. The van der Waals surface area contributed by atoms with E-state index >= 15 is 0 Å². The second kappa shape index (κ2) is 8.45. The first kappa shape index (κ1) is 21.5. The van der Waals surface area contributed by atoms with Gasteiger partial charge in [-0.1, -0.05) is 0 Å². The Balaban J connectivity index is 1.56. The van der Waals surface area contributed by atoms with Crippen LogP contribution in [0.5, 0.6) is 5.75 Å². The average molecular weight is 445 g/mol. The minimum atomic E-state index is -2.72. The molecule has 10 heteroatoms. The maximum absolute atomic E-state index is 13.3. The lowest BCUT2D eigenvalue weighted by atomic mass is 10.0. The molecule has 0 spiro atoms. The van der Waals surface area contributed by atoms with Crippen LogP contribution in [0.2, 0.25) is 0 Å². The lowest BCUT2D eigenvalue weighted by Crippen LogP contribution is -2.42. The summed E-state index contributed by atoms with van der Waals surface area (Å²) < 4.78 is 37.8. The lowest BCUT2D eigenvalue weighted by molar-refractivity contribution is -0.0494. The number of methoxy groups -OCH3 is 1. The first-order valence-electron chi connectivity index (χ1n) is 9.96. The molecule has 0 unspecified atom stereocenters. The summed E-state index contributed by atoms with van der Waals surface area (Å²) in [5.74, 6) is -2.15. The van der Waals surface area contributed by atoms with E-state index < -0.39 is 12.0 Å². The summed E-state index contributed by atoms with van der Waals surface area (Å²) in [7, 11) is 1.49. The molecule has 0 bridgehead atoms. The molecule has 1 saturated heterocycles. The standard InChI is InChI=1S/C22H21F2N3O5/c1-31-18-10-14(8-15-9-16(32-19(15)18)12-26-21(29)30)17-3-2-13(11-25-17)20(28)27-6-4-22(23,24)5-7-27/h2-3,8-11,26H,4-7,12H2,1H3,(H,29,30). The van der Waals surface area contributed by atoms with Gasteiger partial charge in [-0.25, -0.2) is 13.6 Å². The third-order valence-corrected chi connectivity index (χ3v) is 5.36. The summed E-state index contributed by atoms with van der Waals surface area (Å²) in [5.41, 5.74) is 2.10. The Kier molecular flexibility index (Phi) is 5.68. The molecule has 2 amide bonds. The number of furan rings is 1. The number of nitrogens with zero attached hydrogens (tertiary/aromatic N) is 2. The van der Waals surface area contributed by atoms with Gasteiger partial charge in [0, 0.05) is 43.1 Å². The van der Waals surface area contributed by atoms with Crippen molar-refractivity contribution in [3.63, 3.8) is 0 Å². The van der Waals surface area contributed by atoms with Gasteiger partial charge in [0.1, 0.15) is 5.76 Å². The van der Waals surface area contributed by atoms with Crippen molar-refractivity contribution >= 4 is 23.0 Å². The Morgan fingerprint density at radius 3 is 2.62 bits per heavy atom. The van der Waals surface area contributed by atoms with Crippen molar-refractivity contribution in [2.45, 2.75) is 25.3 Å². The van der Waals surface area contributed by atoms with Crippen LogP contribution in [0.15, 0.2) is 40.9 Å². The number of alkyl halides is 2. The first-order chi connectivity index (χ1) is 15.3. The lowest BCUT2D eigenvalue weighted by Gasteiger charge is -2.31. The zero-order valence-corrected chi connectivity index (χ0v) is 17.2. The summed E-state index contributed by atoms with van der Waals surface area (Å²) in [6, 6.07) is 8.56. The highest BCUT2D eigenvalue weighted by molar-refractivity contribution is 5.94. The molecule has 0 saturated carbocycles. The van der Waals surface area contributed by atoms with E-state index in [1.54, 1.807) is 24.3 Å². The number of piperidine rings is 1. The number of ether oxygens (including phenoxy) is 1. The van der Waals surface area contributed by atoms with Crippen LogP contribution in [-0.2, 0) is 6.54 Å². The van der Waals surface area contributed by atoms with Gasteiger partial charge in [0.2, 0.25) is 0 Å². The minimum Gasteiger partial charge on any atom is -0.493 e. The van der Waals surface area contributed by atoms with Crippen LogP contribution in [0.3, 0.4) is 0 Å². The number of amides is 2. The molecule has 3 heterocycles. The molecule has 1 fully saturated rings. The van der Waals surface area contributed by atoms with Gasteiger partial charge in [0.25, 0.3) is 11.8 Å². The highest BCUT2D eigenvalue weighted by Gasteiger charge is 2.35. The summed E-state index contributed by atoms with van der Waals surface area (Å²) in [5, 5.41) is 11.7. The number of fused-ring (bicyclic) bond motifs is 1. The van der Waals surface area contributed by atoms with E-state index in [1.165, 1.54) is 18.2 Å². The van der Waals surface area contributed by atoms with Crippen molar-refractivity contribution < 1.29 is 32.6 Å². The minimum absolute atomic E-state index is 0.0139. The molecule has 0 aliphatic carbocycles. The van der Waals surface area contributed by atoms with Crippen LogP contribution in [-0.4, -0.2) is 53.1 Å². The number of carbonyl (C=O) groups excluding carboxylic acids is 1. The van der Waals surface area contributed by atoms with Crippen LogP contribution < -0.4 is 10.1 Å². The van der Waals surface area contributed by atoms with E-state index in [4.69, 9.17) is 14.3 Å². The number of carboxylic acid groups (broad SMARTS) is 1. The predicted octanol–water partition coefficient (Wildman–Crippen LogP) is 4.14. The zero-order chi connectivity index (χ0) is 22.9. The molecule has 2 aromatic heterocycles. The third kappa shape index (κ3) is 4.48. The maximum atomic E-state index is 13.3. The number of nitrogens with one attached hydrogen (secondary N) is 1. The average Bonchev–Trinajstić information content (AvgIpc) is 3.20. The van der Waals surface area contributed by atoms with Crippen LogP contribution in [0.25, 0.3) is 22.2 Å². The van der Waals surface area contributed by atoms with E-state index in [2.05, 4.69) is 10.3 Å². The van der Waals surface area contributed by atoms with Gasteiger partial charge in [-0.15, -0.1) is 0 Å². The molecule has 0 atom stereocenters. The summed E-state index contributed by atoms with van der Waals surface area (Å²) in [6.45, 7) is 0.0437. The quantitative estimate of drug-likeness (QED) is 0.612. The fraction of sp³-hybridized carbons (Fsp3) is 0.318. The van der Waals surface area contributed by atoms with Gasteiger partial charge in [0.15, 0.2) is 11.3 Å². The van der Waals surface area contributed by atoms with Gasteiger partial charge in [-0.3, -0.25) is 9.78 Å². The predicted molar refractivity (Wildman–Crippen MR) is 111 cm³/mol. The Morgan fingerprint density at radius 2 is 2.00 bits per heavy atom. The Labute approximate surface area is 181 Å². The first-order valence-corrected chi connectivity index (χ1v) is 9.96. The van der Waals surface area contributed by atoms with Crippen molar-refractivity contribution in [3.8, 4) is 17.0 Å². The fourth-order valence-corrected chi connectivity index (χ4v) is 3.63. The number of pyridine rings is 1. The highest BCUT2D eigenvalue weighted by atomic mass is 19.3. The van der Waals surface area contributed by atoms with Gasteiger partial charge < -0.3 is 24.5 Å². The topological polar surface area (TPSA) is 105 Å². The molecule has 32 heavy (non-hydrogen) atoms.